The fourth-order valence-corrected chi connectivity index (χ4v) is 2.33. The summed E-state index contributed by atoms with van der Waals surface area (Å²) in [6, 6.07) is 13.8. The first-order valence-electron chi connectivity index (χ1n) is 6.29. The van der Waals surface area contributed by atoms with Crippen LogP contribution in [0.5, 0.6) is 5.75 Å². The normalized spacial score (nSPS) is 14.0. The van der Waals surface area contributed by atoms with Gasteiger partial charge in [0.1, 0.15) is 5.75 Å². The molecule has 0 radical (unpaired) electrons. The molecule has 0 saturated heterocycles. The first-order chi connectivity index (χ1) is 9.16. The van der Waals surface area contributed by atoms with Gasteiger partial charge in [0, 0.05) is 0 Å². The first-order valence-corrected chi connectivity index (χ1v) is 6.29. The zero-order valence-corrected chi connectivity index (χ0v) is 11.0. The number of para-hydroxylation sites is 2. The second kappa shape index (κ2) is 4.43. The third-order valence-electron chi connectivity index (χ3n) is 3.31. The third kappa shape index (κ3) is 1.97. The van der Waals surface area contributed by atoms with Crippen LogP contribution in [0.4, 0.5) is 11.4 Å². The molecule has 0 bridgehead atoms. The lowest BCUT2D eigenvalue weighted by atomic mass is 10.1. The van der Waals surface area contributed by atoms with Crippen LogP contribution in [0.25, 0.3) is 0 Å². The highest BCUT2D eigenvalue weighted by Crippen LogP contribution is 2.38. The van der Waals surface area contributed by atoms with Crippen molar-refractivity contribution >= 4 is 17.3 Å². The molecular weight excluding hydrogens is 238 g/mol. The lowest BCUT2D eigenvalue weighted by Crippen LogP contribution is -2.35. The first kappa shape index (κ1) is 11.8. The van der Waals surface area contributed by atoms with E-state index in [-0.39, 0.29) is 12.5 Å². The Morgan fingerprint density at radius 3 is 2.68 bits per heavy atom. The Morgan fingerprint density at radius 2 is 1.84 bits per heavy atom. The Hall–Kier alpha value is -2.29. The van der Waals surface area contributed by atoms with E-state index in [2.05, 4.69) is 6.07 Å². The standard InChI is InChI=1S/C16H15NO2/c1-11-7-8-12(2)14(9-11)17-13-5-3-4-6-15(13)19-10-16(17)18/h3-9H,10H2,1-2H3. The fourth-order valence-electron chi connectivity index (χ4n) is 2.33. The number of amides is 1. The Kier molecular flexibility index (Phi) is 2.75. The van der Waals surface area contributed by atoms with E-state index in [0.29, 0.717) is 0 Å². The predicted molar refractivity (Wildman–Crippen MR) is 75.0 cm³/mol. The SMILES string of the molecule is Cc1ccc(C)c(N2C(=O)COc3ccccc32)c1. The Balaban J connectivity index is 2.18. The second-order valence-corrected chi connectivity index (χ2v) is 4.78. The summed E-state index contributed by atoms with van der Waals surface area (Å²) in [6.07, 6.45) is 0. The third-order valence-corrected chi connectivity index (χ3v) is 3.31. The summed E-state index contributed by atoms with van der Waals surface area (Å²) in [5.41, 5.74) is 3.96. The van der Waals surface area contributed by atoms with Gasteiger partial charge in [-0.2, -0.15) is 0 Å². The number of rotatable bonds is 1. The predicted octanol–water partition coefficient (Wildman–Crippen LogP) is 3.36. The molecule has 0 aromatic heterocycles. The van der Waals surface area contributed by atoms with E-state index in [1.807, 2.05) is 50.2 Å². The van der Waals surface area contributed by atoms with Crippen LogP contribution in [0.2, 0.25) is 0 Å². The molecule has 0 unspecified atom stereocenters. The van der Waals surface area contributed by atoms with Crippen molar-refractivity contribution in [3.05, 3.63) is 53.6 Å². The van der Waals surface area contributed by atoms with Crippen LogP contribution < -0.4 is 9.64 Å². The van der Waals surface area contributed by atoms with Gasteiger partial charge in [-0.25, -0.2) is 0 Å². The molecule has 2 aromatic carbocycles. The molecule has 1 aliphatic heterocycles. The quantitative estimate of drug-likeness (QED) is 0.780. The number of hydrogen-bond acceptors (Lipinski definition) is 2. The average molecular weight is 253 g/mol. The summed E-state index contributed by atoms with van der Waals surface area (Å²) in [6.45, 7) is 4.13. The molecule has 3 nitrogen and oxygen atoms in total. The van der Waals surface area contributed by atoms with E-state index in [1.165, 1.54) is 0 Å². The Morgan fingerprint density at radius 1 is 1.05 bits per heavy atom. The molecule has 1 aliphatic rings. The maximum absolute atomic E-state index is 12.2. The number of fused-ring (bicyclic) bond motifs is 1. The Labute approximate surface area is 112 Å². The maximum atomic E-state index is 12.2. The highest BCUT2D eigenvalue weighted by Gasteiger charge is 2.27. The molecule has 1 heterocycles. The van der Waals surface area contributed by atoms with Crippen molar-refractivity contribution in [1.82, 2.24) is 0 Å². The van der Waals surface area contributed by atoms with E-state index in [9.17, 15) is 4.79 Å². The number of carbonyl (C=O) groups is 1. The average Bonchev–Trinajstić information content (AvgIpc) is 2.42. The van der Waals surface area contributed by atoms with Crippen LogP contribution >= 0.6 is 0 Å². The fraction of sp³-hybridized carbons (Fsp3) is 0.188. The zero-order chi connectivity index (χ0) is 13.4. The highest BCUT2D eigenvalue weighted by molar-refractivity contribution is 6.04. The van der Waals surface area contributed by atoms with Crippen LogP contribution in [-0.2, 0) is 4.79 Å². The van der Waals surface area contributed by atoms with Crippen molar-refractivity contribution in [2.75, 3.05) is 11.5 Å². The van der Waals surface area contributed by atoms with Crippen molar-refractivity contribution in [3.8, 4) is 5.75 Å². The molecule has 0 N–H and O–H groups in total. The number of nitrogens with zero attached hydrogens (tertiary/aromatic N) is 1. The summed E-state index contributed by atoms with van der Waals surface area (Å²) in [5.74, 6) is 0.718. The van der Waals surface area contributed by atoms with Gasteiger partial charge in [0.05, 0.1) is 11.4 Å². The van der Waals surface area contributed by atoms with Crippen molar-refractivity contribution in [1.29, 1.82) is 0 Å². The summed E-state index contributed by atoms with van der Waals surface area (Å²) in [7, 11) is 0. The molecule has 96 valence electrons. The number of benzene rings is 2. The summed E-state index contributed by atoms with van der Waals surface area (Å²) < 4.78 is 5.47. The van der Waals surface area contributed by atoms with Gasteiger partial charge < -0.3 is 4.74 Å². The molecule has 0 atom stereocenters. The van der Waals surface area contributed by atoms with Gasteiger partial charge in [0.25, 0.3) is 5.91 Å². The van der Waals surface area contributed by atoms with E-state index in [1.54, 1.807) is 4.90 Å². The smallest absolute Gasteiger partial charge is 0.269 e. The van der Waals surface area contributed by atoms with Crippen LogP contribution in [-0.4, -0.2) is 12.5 Å². The van der Waals surface area contributed by atoms with Gasteiger partial charge in [0.2, 0.25) is 0 Å². The number of anilines is 2. The second-order valence-electron chi connectivity index (χ2n) is 4.78. The van der Waals surface area contributed by atoms with E-state index < -0.39 is 0 Å². The molecule has 0 fully saturated rings. The topological polar surface area (TPSA) is 29.5 Å². The van der Waals surface area contributed by atoms with E-state index in [4.69, 9.17) is 4.74 Å². The van der Waals surface area contributed by atoms with Gasteiger partial charge in [0.15, 0.2) is 6.61 Å². The summed E-state index contributed by atoms with van der Waals surface area (Å²) in [4.78, 5) is 14.0. The van der Waals surface area contributed by atoms with Crippen molar-refractivity contribution < 1.29 is 9.53 Å². The molecule has 2 aromatic rings. The minimum Gasteiger partial charge on any atom is -0.482 e. The molecule has 3 heteroatoms. The van der Waals surface area contributed by atoms with Crippen LogP contribution in [0.15, 0.2) is 42.5 Å². The van der Waals surface area contributed by atoms with E-state index in [0.717, 1.165) is 28.3 Å². The zero-order valence-electron chi connectivity index (χ0n) is 11.0. The Bertz CT molecular complexity index is 649. The van der Waals surface area contributed by atoms with Crippen molar-refractivity contribution in [3.63, 3.8) is 0 Å². The van der Waals surface area contributed by atoms with E-state index >= 15 is 0 Å². The molecule has 0 saturated carbocycles. The maximum Gasteiger partial charge on any atom is 0.269 e. The van der Waals surface area contributed by atoms with Gasteiger partial charge in [-0.3, -0.25) is 9.69 Å². The molecular formula is C16H15NO2. The molecule has 3 rings (SSSR count). The lowest BCUT2D eigenvalue weighted by molar-refractivity contribution is -0.120. The number of hydrogen-bond donors (Lipinski definition) is 0. The minimum absolute atomic E-state index is 0.0348. The van der Waals surface area contributed by atoms with Gasteiger partial charge in [-0.15, -0.1) is 0 Å². The molecule has 0 spiro atoms. The summed E-state index contributed by atoms with van der Waals surface area (Å²) in [5, 5.41) is 0. The highest BCUT2D eigenvalue weighted by atomic mass is 16.5. The molecule has 1 amide bonds. The number of aryl methyl sites for hydroxylation is 2. The molecule has 0 aliphatic carbocycles. The largest absolute Gasteiger partial charge is 0.482 e. The van der Waals surface area contributed by atoms with Crippen LogP contribution in [0.1, 0.15) is 11.1 Å². The van der Waals surface area contributed by atoms with Gasteiger partial charge >= 0.3 is 0 Å². The summed E-state index contributed by atoms with van der Waals surface area (Å²) >= 11 is 0. The lowest BCUT2D eigenvalue weighted by Gasteiger charge is -2.30. The minimum atomic E-state index is -0.0348. The van der Waals surface area contributed by atoms with Crippen molar-refractivity contribution in [2.24, 2.45) is 0 Å². The number of carbonyl (C=O) groups excluding carboxylic acids is 1. The van der Waals surface area contributed by atoms with Crippen LogP contribution in [0, 0.1) is 13.8 Å². The number of ether oxygens (including phenoxy) is 1. The monoisotopic (exact) mass is 253 g/mol. The van der Waals surface area contributed by atoms with Crippen molar-refractivity contribution in [2.45, 2.75) is 13.8 Å². The van der Waals surface area contributed by atoms with Gasteiger partial charge in [-0.1, -0.05) is 24.3 Å². The van der Waals surface area contributed by atoms with Crippen LogP contribution in [0.3, 0.4) is 0 Å². The molecule has 19 heavy (non-hydrogen) atoms. The van der Waals surface area contributed by atoms with Gasteiger partial charge in [-0.05, 0) is 43.2 Å².